The van der Waals surface area contributed by atoms with Gasteiger partial charge in [-0.1, -0.05) is 290 Å². The molecule has 0 rings (SSSR count). The fourth-order valence-corrected chi connectivity index (χ4v) is 9.02. The molecule has 0 saturated heterocycles. The van der Waals surface area contributed by atoms with E-state index in [0.717, 1.165) is 116 Å². The molecule has 450 valence electrons. The summed E-state index contributed by atoms with van der Waals surface area (Å²) in [5.74, 6) is -0.936. The molecule has 1 atom stereocenters. The minimum atomic E-state index is -0.798. The minimum Gasteiger partial charge on any atom is -0.462 e. The monoisotopic (exact) mass is 1090 g/mol. The summed E-state index contributed by atoms with van der Waals surface area (Å²) in [6.45, 7) is 6.48. The summed E-state index contributed by atoms with van der Waals surface area (Å²) in [6.07, 6.45) is 92.2. The van der Waals surface area contributed by atoms with Gasteiger partial charge in [-0.15, -0.1) is 0 Å². The number of unbranched alkanes of at least 4 members (excludes halogenated alkanes) is 28. The zero-order valence-corrected chi connectivity index (χ0v) is 51.6. The lowest BCUT2D eigenvalue weighted by Gasteiger charge is -2.18. The van der Waals surface area contributed by atoms with Crippen molar-refractivity contribution in [2.45, 2.75) is 309 Å². The van der Waals surface area contributed by atoms with Crippen LogP contribution in [0.15, 0.2) is 122 Å². The molecule has 0 bridgehead atoms. The van der Waals surface area contributed by atoms with E-state index in [2.05, 4.69) is 142 Å². The van der Waals surface area contributed by atoms with Crippen LogP contribution in [-0.2, 0) is 28.6 Å². The first-order valence-corrected chi connectivity index (χ1v) is 33.0. The first-order valence-electron chi connectivity index (χ1n) is 33.0. The predicted octanol–water partition coefficient (Wildman–Crippen LogP) is 22.8. The van der Waals surface area contributed by atoms with Crippen molar-refractivity contribution in [3.05, 3.63) is 122 Å². The van der Waals surface area contributed by atoms with Crippen molar-refractivity contribution in [3.8, 4) is 0 Å². The zero-order valence-electron chi connectivity index (χ0n) is 51.6. The lowest BCUT2D eigenvalue weighted by Crippen LogP contribution is -2.30. The smallest absolute Gasteiger partial charge is 0.306 e. The summed E-state index contributed by atoms with van der Waals surface area (Å²) < 4.78 is 16.9. The fourth-order valence-electron chi connectivity index (χ4n) is 9.02. The Hall–Kier alpha value is -4.19. The van der Waals surface area contributed by atoms with Gasteiger partial charge >= 0.3 is 17.9 Å². The third-order valence-corrected chi connectivity index (χ3v) is 14.0. The van der Waals surface area contributed by atoms with Crippen LogP contribution in [0.4, 0.5) is 0 Å². The Bertz CT molecular complexity index is 1640. The summed E-state index contributed by atoms with van der Waals surface area (Å²) in [5.41, 5.74) is 0. The first kappa shape index (κ1) is 74.8. The Labute approximate surface area is 488 Å². The number of carbonyl (C=O) groups is 3. The molecule has 0 aromatic rings. The van der Waals surface area contributed by atoms with E-state index in [1.54, 1.807) is 0 Å². The molecule has 6 nitrogen and oxygen atoms in total. The molecule has 0 radical (unpaired) electrons. The van der Waals surface area contributed by atoms with E-state index in [-0.39, 0.29) is 31.1 Å². The van der Waals surface area contributed by atoms with Crippen LogP contribution in [0.25, 0.3) is 0 Å². The van der Waals surface area contributed by atoms with E-state index < -0.39 is 6.10 Å². The Balaban J connectivity index is 4.30. The summed E-state index contributed by atoms with van der Waals surface area (Å²) >= 11 is 0. The third-order valence-electron chi connectivity index (χ3n) is 14.0. The molecule has 79 heavy (non-hydrogen) atoms. The minimum absolute atomic E-state index is 0.0921. The van der Waals surface area contributed by atoms with Crippen molar-refractivity contribution in [2.24, 2.45) is 0 Å². The van der Waals surface area contributed by atoms with E-state index in [0.29, 0.717) is 19.3 Å². The van der Waals surface area contributed by atoms with Gasteiger partial charge in [0.1, 0.15) is 13.2 Å². The topological polar surface area (TPSA) is 78.9 Å². The van der Waals surface area contributed by atoms with Gasteiger partial charge in [0.15, 0.2) is 6.10 Å². The highest BCUT2D eigenvalue weighted by molar-refractivity contribution is 5.71. The van der Waals surface area contributed by atoms with Crippen LogP contribution in [0.2, 0.25) is 0 Å². The average Bonchev–Trinajstić information content (AvgIpc) is 3.45. The van der Waals surface area contributed by atoms with Gasteiger partial charge in [-0.25, -0.2) is 0 Å². The summed E-state index contributed by atoms with van der Waals surface area (Å²) in [5, 5.41) is 0. The Morgan fingerprint density at radius 3 is 0.797 bits per heavy atom. The van der Waals surface area contributed by atoms with Crippen LogP contribution < -0.4 is 0 Å². The van der Waals surface area contributed by atoms with Crippen molar-refractivity contribution < 1.29 is 28.6 Å². The molecule has 0 saturated carbocycles. The molecule has 0 spiro atoms. The maximum Gasteiger partial charge on any atom is 0.306 e. The zero-order chi connectivity index (χ0) is 57.1. The number of hydrogen-bond donors (Lipinski definition) is 0. The number of carbonyl (C=O) groups excluding carboxylic acids is 3. The second-order valence-corrected chi connectivity index (χ2v) is 21.6. The molecule has 0 amide bonds. The van der Waals surface area contributed by atoms with Crippen LogP contribution in [0.3, 0.4) is 0 Å². The molecule has 0 aliphatic heterocycles. The van der Waals surface area contributed by atoms with Crippen molar-refractivity contribution in [2.75, 3.05) is 13.2 Å². The molecule has 0 aliphatic rings. The molecule has 0 aromatic heterocycles. The summed E-state index contributed by atoms with van der Waals surface area (Å²) in [6, 6.07) is 0. The lowest BCUT2D eigenvalue weighted by molar-refractivity contribution is -0.167. The maximum absolute atomic E-state index is 12.9. The van der Waals surface area contributed by atoms with E-state index in [1.165, 1.54) is 148 Å². The molecule has 6 heteroatoms. The van der Waals surface area contributed by atoms with Crippen LogP contribution in [0.1, 0.15) is 303 Å². The molecular weight excluding hydrogens is 973 g/mol. The Kier molecular flexibility index (Phi) is 62.8. The van der Waals surface area contributed by atoms with Gasteiger partial charge in [0, 0.05) is 19.3 Å². The second kappa shape index (κ2) is 66.3. The maximum atomic E-state index is 12.9. The van der Waals surface area contributed by atoms with Crippen LogP contribution in [0, 0.1) is 0 Å². The molecule has 1 unspecified atom stereocenters. The lowest BCUT2D eigenvalue weighted by atomic mass is 10.0. The standard InChI is InChI=1S/C73H122O6/c1-4-7-10-13-16-19-21-23-25-27-29-31-33-35-36-38-39-41-43-45-47-49-51-54-57-60-63-66-72(75)78-69-70(68-77-71(74)65-62-59-56-53-18-15-12-9-6-3)79-73(76)67-64-61-58-55-52-50-48-46-44-42-40-37-34-32-30-28-26-24-22-20-17-14-11-8-5-2/h7,10,16,19,22-25,28-31,35-36,39,41,45,47,51,54,70H,4-6,8-9,11-15,17-18,20-21,26-27,32-34,37-38,40,42-44,46,48-50,52-53,55-69H2,1-3H3/b10-7-,19-16-,24-22-,25-23-,30-28-,31-29-,36-35-,41-39-,47-45-,54-51-. The third kappa shape index (κ3) is 64.5. The summed E-state index contributed by atoms with van der Waals surface area (Å²) in [4.78, 5) is 38.2. The molecule has 0 aromatic carbocycles. The number of ether oxygens (including phenoxy) is 3. The van der Waals surface area contributed by atoms with Gasteiger partial charge in [-0.3, -0.25) is 14.4 Å². The molecular formula is C73H122O6. The van der Waals surface area contributed by atoms with Crippen molar-refractivity contribution in [1.82, 2.24) is 0 Å². The normalized spacial score (nSPS) is 12.9. The van der Waals surface area contributed by atoms with E-state index in [9.17, 15) is 14.4 Å². The van der Waals surface area contributed by atoms with Crippen LogP contribution in [0.5, 0.6) is 0 Å². The highest BCUT2D eigenvalue weighted by Crippen LogP contribution is 2.16. The highest BCUT2D eigenvalue weighted by Gasteiger charge is 2.19. The Morgan fingerprint density at radius 1 is 0.266 bits per heavy atom. The van der Waals surface area contributed by atoms with E-state index in [4.69, 9.17) is 14.2 Å². The van der Waals surface area contributed by atoms with Gasteiger partial charge < -0.3 is 14.2 Å². The van der Waals surface area contributed by atoms with Crippen molar-refractivity contribution in [3.63, 3.8) is 0 Å². The molecule has 0 fully saturated rings. The van der Waals surface area contributed by atoms with Crippen LogP contribution in [-0.4, -0.2) is 37.2 Å². The number of rotatable bonds is 59. The van der Waals surface area contributed by atoms with Gasteiger partial charge in [-0.05, 0) is 116 Å². The number of esters is 3. The highest BCUT2D eigenvalue weighted by atomic mass is 16.6. The SMILES string of the molecule is CC/C=C\C/C=C\C/C=C\C/C=C\C/C=C\C/C=C\C/C=C\C/C=C\CCCCC(=O)OCC(COC(=O)CCCCCCCCCCC)OC(=O)CCCCCCCCCCCCCCC/C=C\C/C=C\CCCCCCC. The molecule has 0 heterocycles. The average molecular weight is 1100 g/mol. The van der Waals surface area contributed by atoms with Gasteiger partial charge in [-0.2, -0.15) is 0 Å². The molecule has 0 N–H and O–H groups in total. The number of allylic oxidation sites excluding steroid dienone is 20. The number of hydrogen-bond acceptors (Lipinski definition) is 6. The Morgan fingerprint density at radius 2 is 0.494 bits per heavy atom. The van der Waals surface area contributed by atoms with E-state index in [1.807, 2.05) is 0 Å². The van der Waals surface area contributed by atoms with Gasteiger partial charge in [0.05, 0.1) is 0 Å². The van der Waals surface area contributed by atoms with Gasteiger partial charge in [0.25, 0.3) is 0 Å². The molecule has 0 aliphatic carbocycles. The predicted molar refractivity (Wildman–Crippen MR) is 343 cm³/mol. The van der Waals surface area contributed by atoms with Crippen molar-refractivity contribution in [1.29, 1.82) is 0 Å². The van der Waals surface area contributed by atoms with Gasteiger partial charge in [0.2, 0.25) is 0 Å². The largest absolute Gasteiger partial charge is 0.462 e. The summed E-state index contributed by atoms with van der Waals surface area (Å²) in [7, 11) is 0. The quantitative estimate of drug-likeness (QED) is 0.0261. The van der Waals surface area contributed by atoms with E-state index >= 15 is 0 Å². The fraction of sp³-hybridized carbons (Fsp3) is 0.685. The first-order chi connectivity index (χ1) is 39.0. The van der Waals surface area contributed by atoms with Crippen LogP contribution >= 0.6 is 0 Å². The second-order valence-electron chi connectivity index (χ2n) is 21.6. The van der Waals surface area contributed by atoms with Crippen molar-refractivity contribution >= 4 is 17.9 Å².